The van der Waals surface area contributed by atoms with E-state index in [1.807, 2.05) is 0 Å². The Morgan fingerprint density at radius 2 is 1.75 bits per heavy atom. The van der Waals surface area contributed by atoms with Crippen molar-refractivity contribution in [3.63, 3.8) is 0 Å². The number of amides is 2. The van der Waals surface area contributed by atoms with Crippen LogP contribution in [0.5, 0.6) is 0 Å². The van der Waals surface area contributed by atoms with Gasteiger partial charge in [-0.05, 0) is 32.5 Å². The first-order chi connectivity index (χ1) is 13.3. The highest BCUT2D eigenvalue weighted by atomic mass is 32.2. The van der Waals surface area contributed by atoms with Crippen LogP contribution in [0.4, 0.5) is 0 Å². The molecule has 2 amide bonds. The van der Waals surface area contributed by atoms with E-state index in [2.05, 4.69) is 9.76 Å². The minimum Gasteiger partial charge on any atom is -0.446 e. The highest BCUT2D eigenvalue weighted by molar-refractivity contribution is 7.86. The van der Waals surface area contributed by atoms with Crippen molar-refractivity contribution in [1.82, 2.24) is 20.2 Å². The number of thiocarbonyl (C=S) groups is 1. The van der Waals surface area contributed by atoms with E-state index in [0.29, 0.717) is 19.6 Å². The van der Waals surface area contributed by atoms with Crippen LogP contribution in [-0.2, 0) is 28.7 Å². The van der Waals surface area contributed by atoms with Gasteiger partial charge < -0.3 is 9.64 Å². The van der Waals surface area contributed by atoms with Crippen molar-refractivity contribution in [3.05, 3.63) is 23.9 Å². The van der Waals surface area contributed by atoms with Crippen molar-refractivity contribution < 1.29 is 27.0 Å². The van der Waals surface area contributed by atoms with E-state index in [1.54, 1.807) is 27.0 Å². The number of hydrogen-bond donors (Lipinski definition) is 1. The first-order valence-electron chi connectivity index (χ1n) is 8.93. The molecule has 10 nitrogen and oxygen atoms in total. The van der Waals surface area contributed by atoms with Gasteiger partial charge in [-0.3, -0.25) is 19.4 Å². The van der Waals surface area contributed by atoms with Crippen molar-refractivity contribution in [3.8, 4) is 0 Å². The predicted molar refractivity (Wildman–Crippen MR) is 104 cm³/mol. The molecule has 2 aliphatic rings. The summed E-state index contributed by atoms with van der Waals surface area (Å²) in [5, 5.41) is 0.161. The number of hydroxylamine groups is 1. The van der Waals surface area contributed by atoms with Gasteiger partial charge in [0.2, 0.25) is 5.88 Å². The van der Waals surface area contributed by atoms with E-state index in [-0.39, 0.29) is 35.3 Å². The second kappa shape index (κ2) is 9.45. The van der Waals surface area contributed by atoms with Gasteiger partial charge >= 0.3 is 0 Å². The van der Waals surface area contributed by atoms with Gasteiger partial charge in [-0.25, -0.2) is 0 Å². The van der Waals surface area contributed by atoms with Crippen molar-refractivity contribution in [2.45, 2.75) is 27.2 Å². The summed E-state index contributed by atoms with van der Waals surface area (Å²) in [6.07, 6.45) is 3.08. The van der Waals surface area contributed by atoms with Gasteiger partial charge in [0, 0.05) is 32.4 Å². The number of ether oxygens (including phenoxy) is 1. The lowest BCUT2D eigenvalue weighted by atomic mass is 10.1. The summed E-state index contributed by atoms with van der Waals surface area (Å²) in [5.74, 6) is -1.23. The first kappa shape index (κ1) is 22.3. The van der Waals surface area contributed by atoms with E-state index in [1.165, 1.54) is 21.0 Å². The zero-order valence-electron chi connectivity index (χ0n) is 16.0. The molecule has 0 radical (unpaired) electrons. The summed E-state index contributed by atoms with van der Waals surface area (Å²) in [6, 6.07) is 0. The summed E-state index contributed by atoms with van der Waals surface area (Å²) >= 11 is 5.23. The molecular weight excluding hydrogens is 408 g/mol. The lowest BCUT2D eigenvalue weighted by molar-refractivity contribution is -0.134. The molecule has 1 fully saturated rings. The highest BCUT2D eigenvalue weighted by Gasteiger charge is 2.42. The second-order valence-corrected chi connectivity index (χ2v) is 7.91. The molecule has 2 heterocycles. The van der Waals surface area contributed by atoms with Crippen LogP contribution in [0.2, 0.25) is 0 Å². The Morgan fingerprint density at radius 3 is 2.29 bits per heavy atom. The fourth-order valence-corrected chi connectivity index (χ4v) is 3.99. The van der Waals surface area contributed by atoms with E-state index >= 15 is 0 Å². The lowest BCUT2D eigenvalue weighted by Crippen LogP contribution is -2.56. The van der Waals surface area contributed by atoms with Crippen LogP contribution in [0.1, 0.15) is 27.2 Å². The average Bonchev–Trinajstić information content (AvgIpc) is 3.09. The Bertz CT molecular complexity index is 780. The van der Waals surface area contributed by atoms with E-state index in [4.69, 9.17) is 17.0 Å². The maximum Gasteiger partial charge on any atom is 0.283 e. The Morgan fingerprint density at radius 1 is 1.14 bits per heavy atom. The fraction of sp³-hybridized carbons (Fsp3) is 0.562. The Labute approximate surface area is 169 Å². The van der Waals surface area contributed by atoms with Crippen molar-refractivity contribution in [1.29, 1.82) is 0 Å². The summed E-state index contributed by atoms with van der Waals surface area (Å²) in [4.78, 5) is 29.8. The van der Waals surface area contributed by atoms with Crippen LogP contribution >= 0.6 is 12.2 Å². The molecule has 0 aliphatic carbocycles. The summed E-state index contributed by atoms with van der Waals surface area (Å²) in [6.45, 7) is 6.42. The largest absolute Gasteiger partial charge is 0.446 e. The van der Waals surface area contributed by atoms with Crippen LogP contribution in [0.25, 0.3) is 0 Å². The average molecular weight is 433 g/mol. The van der Waals surface area contributed by atoms with Crippen LogP contribution in [0, 0.1) is 0 Å². The van der Waals surface area contributed by atoms with Gasteiger partial charge in [0.05, 0.1) is 5.75 Å². The molecule has 28 heavy (non-hydrogen) atoms. The topological polar surface area (TPSA) is 108 Å². The molecule has 0 aromatic heterocycles. The number of likely N-dealkylation sites (N-methyl/N-ethyl adjacent to an activating group) is 2. The van der Waals surface area contributed by atoms with Crippen LogP contribution in [0.15, 0.2) is 23.9 Å². The molecule has 0 bridgehead atoms. The number of rotatable bonds is 9. The molecule has 0 unspecified atom stereocenters. The van der Waals surface area contributed by atoms with Crippen LogP contribution in [0.3, 0.4) is 0 Å². The van der Waals surface area contributed by atoms with Gasteiger partial charge in [-0.15, -0.1) is 0 Å². The van der Waals surface area contributed by atoms with E-state index in [9.17, 15) is 18.0 Å². The quantitative estimate of drug-likeness (QED) is 0.237. The summed E-state index contributed by atoms with van der Waals surface area (Å²) < 4.78 is 33.5. The lowest BCUT2D eigenvalue weighted by Gasteiger charge is -2.36. The molecule has 1 saturated heterocycles. The third-order valence-corrected chi connectivity index (χ3v) is 5.63. The van der Waals surface area contributed by atoms with Crippen molar-refractivity contribution in [2.75, 3.05) is 31.9 Å². The monoisotopic (exact) mass is 432 g/mol. The Hall–Kier alpha value is -2.02. The third-order valence-electron chi connectivity index (χ3n) is 4.03. The molecule has 2 aliphatic heterocycles. The first-order valence-corrected chi connectivity index (χ1v) is 10.9. The van der Waals surface area contributed by atoms with Crippen molar-refractivity contribution >= 4 is 39.3 Å². The molecule has 0 atom stereocenters. The molecular formula is C16H24N4O6S2. The van der Waals surface area contributed by atoms with Gasteiger partial charge in [0.1, 0.15) is 6.26 Å². The number of carbonyl (C=O) groups is 2. The maximum atomic E-state index is 12.8. The zero-order chi connectivity index (χ0) is 20.9. The second-order valence-electron chi connectivity index (χ2n) is 5.85. The number of nitrogens with one attached hydrogen (secondary N) is 1. The minimum absolute atomic E-state index is 0.0689. The summed E-state index contributed by atoms with van der Waals surface area (Å²) in [5.41, 5.74) is 2.17. The zero-order valence-corrected chi connectivity index (χ0v) is 17.6. The molecule has 1 N–H and O–H groups in total. The molecule has 12 heteroatoms. The minimum atomic E-state index is -3.72. The number of hydrogen-bond acceptors (Lipinski definition) is 9. The SMILES string of the molecule is CCNOS(=O)(=O)CCCN1C=COC1=C1C(=O)N(CC)C(=S)N(CC)C1=O. The fourth-order valence-electron chi connectivity index (χ4n) is 2.71. The van der Waals surface area contributed by atoms with E-state index < -0.39 is 21.9 Å². The van der Waals surface area contributed by atoms with Gasteiger partial charge in [0.25, 0.3) is 21.9 Å². The molecule has 0 saturated carbocycles. The predicted octanol–water partition coefficient (Wildman–Crippen LogP) is 0.258. The van der Waals surface area contributed by atoms with Gasteiger partial charge in [0.15, 0.2) is 10.7 Å². The maximum absolute atomic E-state index is 12.8. The molecule has 0 spiro atoms. The molecule has 0 aromatic carbocycles. The van der Waals surface area contributed by atoms with Crippen LogP contribution < -0.4 is 5.48 Å². The molecule has 156 valence electrons. The normalized spacial score (nSPS) is 17.8. The van der Waals surface area contributed by atoms with Crippen molar-refractivity contribution in [2.24, 2.45) is 0 Å². The van der Waals surface area contributed by atoms with E-state index in [0.717, 1.165) is 0 Å². The smallest absolute Gasteiger partial charge is 0.283 e. The Kier molecular flexibility index (Phi) is 7.52. The summed E-state index contributed by atoms with van der Waals surface area (Å²) in [7, 11) is -3.72. The van der Waals surface area contributed by atoms with Gasteiger partial charge in [-0.1, -0.05) is 6.92 Å². The number of nitrogens with zero attached hydrogens (tertiary/aromatic N) is 3. The number of carbonyl (C=O) groups excluding carboxylic acids is 2. The highest BCUT2D eigenvalue weighted by Crippen LogP contribution is 2.26. The molecule has 0 aromatic rings. The van der Waals surface area contributed by atoms with Gasteiger partial charge in [-0.2, -0.15) is 18.2 Å². The van der Waals surface area contributed by atoms with Crippen LogP contribution in [-0.4, -0.2) is 72.0 Å². The molecule has 2 rings (SSSR count). The third kappa shape index (κ3) is 4.69. The Balaban J connectivity index is 2.19. The standard InChI is InChI=1S/C16H24N4O6S2/c1-4-17-26-28(23,24)11-7-8-18-9-10-25-15(18)12-13(21)19(5-2)16(27)20(6-3)14(12)22/h9-10,17H,4-8,11H2,1-3H3.